The maximum atomic E-state index is 6.45. The molecule has 1 atom stereocenters. The SMILES string of the molecule is CC12c3ccccc3-c3cccc(c31)N1c3ccccc3B3c4ccccc4N(c4ccc(-c5cccc6c5oc5ccccc56)cc4)c4ccc2c1c43. The van der Waals surface area contributed by atoms with Crippen LogP contribution in [0.4, 0.5) is 34.1 Å². The van der Waals surface area contributed by atoms with Gasteiger partial charge in [-0.15, -0.1) is 0 Å². The minimum Gasteiger partial charge on any atom is -0.455 e. The molecular formula is C50H31BN2O. The summed E-state index contributed by atoms with van der Waals surface area (Å²) in [5, 5.41) is 2.30. The van der Waals surface area contributed by atoms with Crippen LogP contribution in [-0.4, -0.2) is 6.71 Å². The molecule has 0 amide bonds. The standard InChI is InChI=1S/C50H31BN2O/c1-50-37-17-4-2-12-33(37)35-15-11-22-43(46(35)50)53-42-21-8-6-19-40(42)51-39-18-5-7-20-41(39)52(44-29-28-38(50)48(53)47(44)51)31-26-24-30(25-27-31)32-14-10-16-36-34-13-3-9-23-45(34)54-49(32)36/h2-29H,1H3. The van der Waals surface area contributed by atoms with Crippen LogP contribution in [0.1, 0.15) is 23.6 Å². The molecule has 4 aliphatic rings. The highest BCUT2D eigenvalue weighted by atomic mass is 16.3. The van der Waals surface area contributed by atoms with Crippen molar-refractivity contribution in [2.75, 3.05) is 9.80 Å². The van der Waals surface area contributed by atoms with Crippen molar-refractivity contribution in [3.63, 3.8) is 0 Å². The molecule has 8 aromatic carbocycles. The largest absolute Gasteiger partial charge is 0.455 e. The maximum Gasteiger partial charge on any atom is 0.252 e. The van der Waals surface area contributed by atoms with E-state index in [9.17, 15) is 0 Å². The van der Waals surface area contributed by atoms with Gasteiger partial charge in [-0.05, 0) is 99.2 Å². The third kappa shape index (κ3) is 3.36. The van der Waals surface area contributed by atoms with Crippen LogP contribution in [-0.2, 0) is 5.41 Å². The first-order chi connectivity index (χ1) is 26.7. The average molecular weight is 687 g/mol. The molecule has 3 nitrogen and oxygen atoms in total. The lowest BCUT2D eigenvalue weighted by Crippen LogP contribution is -2.62. The first kappa shape index (κ1) is 28.8. The molecule has 4 heteroatoms. The number of fused-ring (bicyclic) bond motifs is 13. The molecule has 1 aliphatic carbocycles. The molecule has 0 spiro atoms. The molecule has 1 aromatic heterocycles. The van der Waals surface area contributed by atoms with E-state index in [1.165, 1.54) is 72.6 Å². The lowest BCUT2D eigenvalue weighted by molar-refractivity contribution is 0.670. The molecule has 0 radical (unpaired) electrons. The Bertz CT molecular complexity index is 3110. The Morgan fingerprint density at radius 1 is 0.481 bits per heavy atom. The summed E-state index contributed by atoms with van der Waals surface area (Å²) in [7, 11) is 0. The van der Waals surface area contributed by atoms with Crippen molar-refractivity contribution in [2.45, 2.75) is 12.3 Å². The van der Waals surface area contributed by atoms with Crippen LogP contribution in [0.15, 0.2) is 174 Å². The van der Waals surface area contributed by atoms with Gasteiger partial charge in [0.15, 0.2) is 0 Å². The smallest absolute Gasteiger partial charge is 0.252 e. The third-order valence-corrected chi connectivity index (χ3v) is 12.8. The molecule has 4 heterocycles. The second-order valence-corrected chi connectivity index (χ2v) is 15.3. The van der Waals surface area contributed by atoms with Gasteiger partial charge in [-0.3, -0.25) is 0 Å². The number of para-hydroxylation sites is 4. The first-order valence-electron chi connectivity index (χ1n) is 18.9. The Morgan fingerprint density at radius 3 is 1.98 bits per heavy atom. The summed E-state index contributed by atoms with van der Waals surface area (Å²) < 4.78 is 6.45. The number of hydrogen-bond donors (Lipinski definition) is 0. The van der Waals surface area contributed by atoms with Gasteiger partial charge in [0.2, 0.25) is 0 Å². The Labute approximate surface area is 313 Å². The zero-order valence-electron chi connectivity index (χ0n) is 29.5. The summed E-state index contributed by atoms with van der Waals surface area (Å²) in [5.41, 5.74) is 22.2. The van der Waals surface area contributed by atoms with Crippen molar-refractivity contribution < 1.29 is 4.42 Å². The fourth-order valence-electron chi connectivity index (χ4n) is 10.7. The molecule has 13 rings (SSSR count). The van der Waals surface area contributed by atoms with Crippen LogP contribution in [0.3, 0.4) is 0 Å². The van der Waals surface area contributed by atoms with Crippen molar-refractivity contribution in [2.24, 2.45) is 0 Å². The number of hydrogen-bond acceptors (Lipinski definition) is 3. The van der Waals surface area contributed by atoms with E-state index < -0.39 is 0 Å². The minimum absolute atomic E-state index is 0.102. The lowest BCUT2D eigenvalue weighted by Gasteiger charge is -2.50. The van der Waals surface area contributed by atoms with Gasteiger partial charge in [-0.1, -0.05) is 127 Å². The van der Waals surface area contributed by atoms with E-state index in [2.05, 4.69) is 181 Å². The molecule has 0 fully saturated rings. The van der Waals surface area contributed by atoms with E-state index in [4.69, 9.17) is 4.42 Å². The minimum atomic E-state index is -0.276. The second-order valence-electron chi connectivity index (χ2n) is 15.3. The first-order valence-corrected chi connectivity index (χ1v) is 18.9. The quantitative estimate of drug-likeness (QED) is 0.169. The molecule has 54 heavy (non-hydrogen) atoms. The third-order valence-electron chi connectivity index (χ3n) is 12.8. The Hall–Kier alpha value is -6.78. The van der Waals surface area contributed by atoms with Crippen LogP contribution in [0, 0.1) is 0 Å². The summed E-state index contributed by atoms with van der Waals surface area (Å²) in [6, 6.07) is 62.8. The van der Waals surface area contributed by atoms with Crippen molar-refractivity contribution >= 4 is 79.2 Å². The zero-order chi connectivity index (χ0) is 35.3. The fourth-order valence-corrected chi connectivity index (χ4v) is 10.7. The van der Waals surface area contributed by atoms with E-state index in [1.807, 2.05) is 6.07 Å². The van der Waals surface area contributed by atoms with Crippen LogP contribution in [0.5, 0.6) is 0 Å². The van der Waals surface area contributed by atoms with Gasteiger partial charge in [0.05, 0.1) is 5.69 Å². The van der Waals surface area contributed by atoms with Gasteiger partial charge < -0.3 is 14.2 Å². The van der Waals surface area contributed by atoms with E-state index in [0.29, 0.717) is 0 Å². The van der Waals surface area contributed by atoms with Crippen molar-refractivity contribution in [3.8, 4) is 22.3 Å². The number of anilines is 6. The number of nitrogens with zero attached hydrogens (tertiary/aromatic N) is 2. The normalized spacial score (nSPS) is 16.6. The molecule has 0 saturated carbocycles. The van der Waals surface area contributed by atoms with Gasteiger partial charge in [0.25, 0.3) is 6.71 Å². The number of furan rings is 1. The van der Waals surface area contributed by atoms with E-state index in [0.717, 1.165) is 38.8 Å². The molecule has 3 aliphatic heterocycles. The summed E-state index contributed by atoms with van der Waals surface area (Å²) in [5.74, 6) is 0. The average Bonchev–Trinajstić information content (AvgIpc) is 3.74. The highest BCUT2D eigenvalue weighted by molar-refractivity contribution is 7.00. The van der Waals surface area contributed by atoms with Gasteiger partial charge in [0, 0.05) is 50.2 Å². The number of rotatable bonds is 2. The van der Waals surface area contributed by atoms with Crippen molar-refractivity contribution in [1.82, 2.24) is 0 Å². The maximum absolute atomic E-state index is 6.45. The predicted molar refractivity (Wildman–Crippen MR) is 224 cm³/mol. The lowest BCUT2D eigenvalue weighted by atomic mass is 9.33. The Morgan fingerprint density at radius 2 is 1.13 bits per heavy atom. The van der Waals surface area contributed by atoms with Gasteiger partial charge in [0.1, 0.15) is 11.2 Å². The molecule has 250 valence electrons. The Kier molecular flexibility index (Phi) is 5.33. The number of benzene rings is 8. The summed E-state index contributed by atoms with van der Waals surface area (Å²) in [4.78, 5) is 5.09. The van der Waals surface area contributed by atoms with E-state index in [-0.39, 0.29) is 12.1 Å². The van der Waals surface area contributed by atoms with Crippen LogP contribution >= 0.6 is 0 Å². The highest BCUT2D eigenvalue weighted by Crippen LogP contribution is 2.63. The second kappa shape index (κ2) is 10.0. The van der Waals surface area contributed by atoms with Gasteiger partial charge in [-0.2, -0.15) is 0 Å². The van der Waals surface area contributed by atoms with Crippen LogP contribution in [0.2, 0.25) is 0 Å². The molecule has 0 N–H and O–H groups in total. The Balaban J connectivity index is 1.06. The molecule has 0 bridgehead atoms. The van der Waals surface area contributed by atoms with E-state index in [1.54, 1.807) is 0 Å². The van der Waals surface area contributed by atoms with Gasteiger partial charge in [-0.25, -0.2) is 0 Å². The van der Waals surface area contributed by atoms with Crippen molar-refractivity contribution in [1.29, 1.82) is 0 Å². The van der Waals surface area contributed by atoms with Crippen molar-refractivity contribution in [3.05, 3.63) is 187 Å². The van der Waals surface area contributed by atoms with Crippen LogP contribution in [0.25, 0.3) is 44.2 Å². The molecule has 9 aromatic rings. The monoisotopic (exact) mass is 686 g/mol. The van der Waals surface area contributed by atoms with Gasteiger partial charge >= 0.3 is 0 Å². The highest BCUT2D eigenvalue weighted by Gasteiger charge is 2.53. The summed E-state index contributed by atoms with van der Waals surface area (Å²) in [6.07, 6.45) is 0. The predicted octanol–water partition coefficient (Wildman–Crippen LogP) is 11.0. The van der Waals surface area contributed by atoms with E-state index >= 15 is 0 Å². The summed E-state index contributed by atoms with van der Waals surface area (Å²) >= 11 is 0. The topological polar surface area (TPSA) is 19.6 Å². The fraction of sp³-hybridized carbons (Fsp3) is 0.0400. The summed E-state index contributed by atoms with van der Waals surface area (Å²) in [6.45, 7) is 2.56. The van der Waals surface area contributed by atoms with Crippen LogP contribution < -0.4 is 26.2 Å². The molecular weight excluding hydrogens is 655 g/mol. The molecule has 0 saturated heterocycles. The molecule has 1 unspecified atom stereocenters. The zero-order valence-corrected chi connectivity index (χ0v) is 29.5.